The van der Waals surface area contributed by atoms with Crippen molar-refractivity contribution in [1.29, 1.82) is 0 Å². The number of imide groups is 1. The molecule has 0 saturated carbocycles. The van der Waals surface area contributed by atoms with Crippen molar-refractivity contribution in [3.05, 3.63) is 29.8 Å². The van der Waals surface area contributed by atoms with E-state index in [4.69, 9.17) is 4.74 Å². The van der Waals surface area contributed by atoms with Crippen LogP contribution in [0.1, 0.15) is 39.7 Å². The van der Waals surface area contributed by atoms with Crippen molar-refractivity contribution in [2.45, 2.75) is 58.8 Å². The maximum absolute atomic E-state index is 12.9. The van der Waals surface area contributed by atoms with Gasteiger partial charge in [0.25, 0.3) is 0 Å². The number of hydrogen-bond acceptors (Lipinski definition) is 5. The Kier molecular flexibility index (Phi) is 4.88. The fourth-order valence-corrected chi connectivity index (χ4v) is 4.58. The van der Waals surface area contributed by atoms with Crippen molar-refractivity contribution in [3.63, 3.8) is 0 Å². The number of carbonyl (C=O) groups excluding carboxylic acids is 3. The summed E-state index contributed by atoms with van der Waals surface area (Å²) in [7, 11) is 0. The Morgan fingerprint density at radius 2 is 1.85 bits per heavy atom. The molecule has 1 aromatic rings. The van der Waals surface area contributed by atoms with Gasteiger partial charge in [0.1, 0.15) is 5.41 Å². The van der Waals surface area contributed by atoms with Crippen molar-refractivity contribution in [1.82, 2.24) is 5.32 Å². The van der Waals surface area contributed by atoms with Gasteiger partial charge in [0.05, 0.1) is 24.7 Å². The van der Waals surface area contributed by atoms with E-state index in [-0.39, 0.29) is 24.4 Å². The van der Waals surface area contributed by atoms with Crippen LogP contribution in [0.25, 0.3) is 0 Å². The molecule has 6 nitrogen and oxygen atoms in total. The van der Waals surface area contributed by atoms with Crippen LogP contribution in [0.4, 0.5) is 5.69 Å². The standard InChI is InChI=1S/C18H20N2O4.C2H6/c1-10-9-20-13-6-4-3-5-12(13)8-18(16(20)11(2)24-10)14(21)7-15(22)19-17(18)23;1-2/h3-6,10-11,16H,7-9H2,1-2H3,(H,19,22,23);1-2H3/t10-,11+,16-,18?;/m1./s1. The number of amides is 2. The van der Waals surface area contributed by atoms with Crippen LogP contribution in [0.15, 0.2) is 24.3 Å². The molecular formula is C20H26N2O4. The number of rotatable bonds is 0. The van der Waals surface area contributed by atoms with Crippen LogP contribution in [-0.4, -0.2) is 42.4 Å². The third kappa shape index (κ3) is 2.63. The molecule has 1 spiro atoms. The predicted octanol–water partition coefficient (Wildman–Crippen LogP) is 1.85. The molecule has 1 unspecified atom stereocenters. The Labute approximate surface area is 153 Å². The van der Waals surface area contributed by atoms with Gasteiger partial charge in [-0.05, 0) is 31.9 Å². The molecule has 6 heteroatoms. The minimum Gasteiger partial charge on any atom is -0.372 e. The topological polar surface area (TPSA) is 75.7 Å². The molecule has 1 N–H and O–H groups in total. The Hall–Kier alpha value is -2.21. The highest BCUT2D eigenvalue weighted by molar-refractivity contribution is 6.22. The smallest absolute Gasteiger partial charge is 0.242 e. The fraction of sp³-hybridized carbons (Fsp3) is 0.550. The maximum atomic E-state index is 12.9. The summed E-state index contributed by atoms with van der Waals surface area (Å²) >= 11 is 0. The first-order valence-corrected chi connectivity index (χ1v) is 9.31. The Bertz CT molecular complexity index is 725. The molecule has 140 valence electrons. The van der Waals surface area contributed by atoms with Gasteiger partial charge in [-0.25, -0.2) is 0 Å². The van der Waals surface area contributed by atoms with E-state index >= 15 is 0 Å². The number of morpholine rings is 1. The Balaban J connectivity index is 0.000000948. The number of hydrogen-bond donors (Lipinski definition) is 1. The monoisotopic (exact) mass is 358 g/mol. The highest BCUT2D eigenvalue weighted by atomic mass is 16.5. The number of piperidine rings is 1. The van der Waals surface area contributed by atoms with E-state index in [0.29, 0.717) is 13.0 Å². The van der Waals surface area contributed by atoms with Crippen LogP contribution in [0.2, 0.25) is 0 Å². The van der Waals surface area contributed by atoms with Crippen molar-refractivity contribution < 1.29 is 19.1 Å². The van der Waals surface area contributed by atoms with Crippen LogP contribution in [-0.2, 0) is 25.5 Å². The van der Waals surface area contributed by atoms with Gasteiger partial charge in [-0.2, -0.15) is 0 Å². The number of anilines is 1. The third-order valence-corrected chi connectivity index (χ3v) is 5.43. The molecule has 0 aromatic heterocycles. The summed E-state index contributed by atoms with van der Waals surface area (Å²) < 4.78 is 5.96. The predicted molar refractivity (Wildman–Crippen MR) is 97.8 cm³/mol. The lowest BCUT2D eigenvalue weighted by Crippen LogP contribution is -2.72. The number of nitrogens with zero attached hydrogens (tertiary/aromatic N) is 1. The fourth-order valence-electron chi connectivity index (χ4n) is 4.58. The highest BCUT2D eigenvalue weighted by Gasteiger charge is 2.62. The molecule has 2 amide bonds. The van der Waals surface area contributed by atoms with Gasteiger partial charge in [-0.1, -0.05) is 32.0 Å². The lowest BCUT2D eigenvalue weighted by atomic mass is 9.63. The van der Waals surface area contributed by atoms with E-state index < -0.39 is 23.3 Å². The number of Topliss-reactive ketones (excluding diaryl/α,β-unsaturated/α-hetero) is 1. The summed E-state index contributed by atoms with van der Waals surface area (Å²) in [5.41, 5.74) is 0.752. The first kappa shape index (κ1) is 18.6. The van der Waals surface area contributed by atoms with Crippen LogP contribution >= 0.6 is 0 Å². The summed E-state index contributed by atoms with van der Waals surface area (Å²) in [6.45, 7) is 8.51. The average molecular weight is 358 g/mol. The van der Waals surface area contributed by atoms with E-state index in [1.807, 2.05) is 52.0 Å². The second kappa shape index (κ2) is 6.83. The zero-order valence-electron chi connectivity index (χ0n) is 15.7. The van der Waals surface area contributed by atoms with Crippen molar-refractivity contribution >= 4 is 23.3 Å². The Morgan fingerprint density at radius 1 is 1.15 bits per heavy atom. The summed E-state index contributed by atoms with van der Waals surface area (Å²) in [4.78, 5) is 39.5. The van der Waals surface area contributed by atoms with E-state index in [0.717, 1.165) is 11.3 Å². The van der Waals surface area contributed by atoms with Gasteiger partial charge in [-0.15, -0.1) is 0 Å². The van der Waals surface area contributed by atoms with E-state index in [2.05, 4.69) is 10.2 Å². The zero-order valence-corrected chi connectivity index (χ0v) is 15.7. The second-order valence-corrected chi connectivity index (χ2v) is 7.00. The lowest BCUT2D eigenvalue weighted by molar-refractivity contribution is -0.158. The number of para-hydroxylation sites is 1. The molecule has 4 atom stereocenters. The average Bonchev–Trinajstić information content (AvgIpc) is 2.61. The van der Waals surface area contributed by atoms with E-state index in [1.165, 1.54) is 0 Å². The van der Waals surface area contributed by atoms with Crippen LogP contribution in [0, 0.1) is 5.41 Å². The number of carbonyl (C=O) groups is 3. The number of ether oxygens (including phenoxy) is 1. The molecule has 3 aliphatic heterocycles. The van der Waals surface area contributed by atoms with Gasteiger partial charge in [0.15, 0.2) is 5.78 Å². The number of benzene rings is 1. The molecule has 3 aliphatic rings. The number of fused-ring (bicyclic) bond motifs is 4. The second-order valence-electron chi connectivity index (χ2n) is 7.00. The third-order valence-electron chi connectivity index (χ3n) is 5.43. The van der Waals surface area contributed by atoms with Crippen molar-refractivity contribution in [2.75, 3.05) is 11.4 Å². The minimum atomic E-state index is -1.26. The van der Waals surface area contributed by atoms with Crippen molar-refractivity contribution in [3.8, 4) is 0 Å². The molecule has 3 heterocycles. The van der Waals surface area contributed by atoms with Gasteiger partial charge >= 0.3 is 0 Å². The van der Waals surface area contributed by atoms with Crippen LogP contribution in [0.3, 0.4) is 0 Å². The zero-order chi connectivity index (χ0) is 19.1. The molecule has 0 bridgehead atoms. The van der Waals surface area contributed by atoms with E-state index in [9.17, 15) is 14.4 Å². The quantitative estimate of drug-likeness (QED) is 0.566. The normalized spacial score (nSPS) is 33.0. The number of nitrogens with one attached hydrogen (secondary N) is 1. The lowest BCUT2D eigenvalue weighted by Gasteiger charge is -2.55. The van der Waals surface area contributed by atoms with Gasteiger partial charge in [0, 0.05) is 12.2 Å². The van der Waals surface area contributed by atoms with Gasteiger partial charge in [0.2, 0.25) is 11.8 Å². The van der Waals surface area contributed by atoms with Gasteiger partial charge < -0.3 is 9.64 Å². The summed E-state index contributed by atoms with van der Waals surface area (Å²) in [6.07, 6.45) is -0.224. The molecule has 2 fully saturated rings. The molecule has 4 rings (SSSR count). The van der Waals surface area contributed by atoms with Crippen LogP contribution < -0.4 is 10.2 Å². The van der Waals surface area contributed by atoms with Gasteiger partial charge in [-0.3, -0.25) is 19.7 Å². The molecule has 0 aliphatic carbocycles. The SMILES string of the molecule is CC.C[C@@H]1CN2c3ccccc3CC3(C(=O)CC(=O)NC3=O)[C@H]2[C@H](C)O1. The minimum absolute atomic E-state index is 0.00263. The molecular weight excluding hydrogens is 332 g/mol. The maximum Gasteiger partial charge on any atom is 0.242 e. The van der Waals surface area contributed by atoms with E-state index in [1.54, 1.807) is 0 Å². The van der Waals surface area contributed by atoms with Crippen molar-refractivity contribution in [2.24, 2.45) is 5.41 Å². The molecule has 2 saturated heterocycles. The molecule has 1 aromatic carbocycles. The summed E-state index contributed by atoms with van der Waals surface area (Å²) in [6, 6.07) is 7.46. The molecule has 0 radical (unpaired) electrons. The summed E-state index contributed by atoms with van der Waals surface area (Å²) in [5.74, 6) is -1.30. The largest absolute Gasteiger partial charge is 0.372 e. The Morgan fingerprint density at radius 3 is 2.54 bits per heavy atom. The first-order chi connectivity index (χ1) is 12.4. The first-order valence-electron chi connectivity index (χ1n) is 9.31. The van der Waals surface area contributed by atoms with Crippen LogP contribution in [0.5, 0.6) is 0 Å². The summed E-state index contributed by atoms with van der Waals surface area (Å²) in [5, 5.41) is 2.38. The number of ketones is 1. The highest BCUT2D eigenvalue weighted by Crippen LogP contribution is 2.47. The molecule has 26 heavy (non-hydrogen) atoms.